The average Bonchev–Trinajstić information content (AvgIpc) is 3.09. The van der Waals surface area contributed by atoms with Gasteiger partial charge < -0.3 is 4.74 Å². The molecule has 0 unspecified atom stereocenters. The van der Waals surface area contributed by atoms with Gasteiger partial charge in [-0.1, -0.05) is 36.9 Å². The molecule has 140 valence electrons. The van der Waals surface area contributed by atoms with Gasteiger partial charge in [0.05, 0.1) is 12.0 Å². The summed E-state index contributed by atoms with van der Waals surface area (Å²) in [6, 6.07) is 15.1. The summed E-state index contributed by atoms with van der Waals surface area (Å²) in [5.41, 5.74) is 1.53. The molecular weight excluding hydrogens is 374 g/mol. The predicted octanol–water partition coefficient (Wildman–Crippen LogP) is 3.42. The molecule has 1 aromatic carbocycles. The van der Waals surface area contributed by atoms with Gasteiger partial charge in [0.15, 0.2) is 10.8 Å². The normalized spacial score (nSPS) is 11.0. The number of hydrogen-bond acceptors (Lipinski definition) is 6. The Morgan fingerprint density at radius 2 is 1.96 bits per heavy atom. The van der Waals surface area contributed by atoms with Crippen molar-refractivity contribution >= 4 is 28.3 Å². The number of nitriles is 1. The molecule has 0 bridgehead atoms. The molecule has 3 aromatic heterocycles. The number of pyridine rings is 2. The van der Waals surface area contributed by atoms with E-state index in [4.69, 9.17) is 4.74 Å². The molecule has 28 heavy (non-hydrogen) atoms. The fourth-order valence-electron chi connectivity index (χ4n) is 3.11. The Labute approximate surface area is 165 Å². The number of para-hydroxylation sites is 1. The van der Waals surface area contributed by atoms with Gasteiger partial charge in [0.2, 0.25) is 5.88 Å². The second-order valence-corrected chi connectivity index (χ2v) is 7.12. The van der Waals surface area contributed by atoms with Crippen LogP contribution in [0.25, 0.3) is 22.2 Å². The van der Waals surface area contributed by atoms with Crippen LogP contribution in [0.1, 0.15) is 19.4 Å². The third-order valence-corrected chi connectivity index (χ3v) is 5.05. The van der Waals surface area contributed by atoms with Gasteiger partial charge in [-0.2, -0.15) is 9.78 Å². The summed E-state index contributed by atoms with van der Waals surface area (Å²) in [6.07, 6.45) is 0. The lowest BCUT2D eigenvalue weighted by Crippen LogP contribution is -2.17. The molecule has 0 aliphatic rings. The van der Waals surface area contributed by atoms with Crippen molar-refractivity contribution in [3.8, 4) is 17.6 Å². The molecule has 0 N–H and O–H groups in total. The maximum atomic E-state index is 13.1. The molecular formula is C20H17N5O2S. The van der Waals surface area contributed by atoms with E-state index in [1.165, 1.54) is 16.3 Å². The van der Waals surface area contributed by atoms with Gasteiger partial charge in [0, 0.05) is 11.8 Å². The van der Waals surface area contributed by atoms with Gasteiger partial charge in [0.1, 0.15) is 17.1 Å². The van der Waals surface area contributed by atoms with Gasteiger partial charge in [-0.3, -0.25) is 9.36 Å². The predicted molar refractivity (Wildman–Crippen MR) is 108 cm³/mol. The minimum absolute atomic E-state index is 0.287. The highest BCUT2D eigenvalue weighted by Gasteiger charge is 2.22. The van der Waals surface area contributed by atoms with Crippen LogP contribution in [0.15, 0.2) is 52.4 Å². The molecule has 0 spiro atoms. The smallest absolute Gasteiger partial charge is 0.282 e. The highest BCUT2D eigenvalue weighted by molar-refractivity contribution is 7.99. The number of ether oxygens (including phenoxy) is 1. The first-order valence-electron chi connectivity index (χ1n) is 8.89. The molecule has 7 nitrogen and oxygen atoms in total. The zero-order valence-corrected chi connectivity index (χ0v) is 16.2. The summed E-state index contributed by atoms with van der Waals surface area (Å²) in [5.74, 6) is 1.16. The summed E-state index contributed by atoms with van der Waals surface area (Å²) >= 11 is 1.51. The van der Waals surface area contributed by atoms with E-state index in [0.717, 1.165) is 11.4 Å². The topological polar surface area (TPSA) is 85.2 Å². The van der Waals surface area contributed by atoms with Crippen LogP contribution in [0.5, 0.6) is 5.88 Å². The van der Waals surface area contributed by atoms with Crippen LogP contribution in [0.2, 0.25) is 0 Å². The van der Waals surface area contributed by atoms with Crippen molar-refractivity contribution in [2.24, 2.45) is 0 Å². The first kappa shape index (κ1) is 18.1. The molecule has 0 amide bonds. The number of nitrogens with zero attached hydrogens (tertiary/aromatic N) is 5. The summed E-state index contributed by atoms with van der Waals surface area (Å²) < 4.78 is 8.60. The van der Waals surface area contributed by atoms with E-state index in [1.54, 1.807) is 12.1 Å². The SMILES string of the molecule is CCOc1ccc2c(=O)n3nc(SCC)n(-c4ccccc4)c3c(C#N)c2n1. The maximum absolute atomic E-state index is 13.1. The molecule has 0 aliphatic heterocycles. The van der Waals surface area contributed by atoms with Gasteiger partial charge in [-0.25, -0.2) is 4.98 Å². The molecule has 0 fully saturated rings. The molecule has 4 aromatic rings. The van der Waals surface area contributed by atoms with E-state index < -0.39 is 0 Å². The van der Waals surface area contributed by atoms with E-state index in [1.807, 2.05) is 48.7 Å². The second kappa shape index (κ2) is 7.37. The summed E-state index contributed by atoms with van der Waals surface area (Å²) in [5, 5.41) is 15.5. The van der Waals surface area contributed by atoms with Crippen LogP contribution in [0.3, 0.4) is 0 Å². The Kier molecular flexibility index (Phi) is 4.75. The Morgan fingerprint density at radius 1 is 1.18 bits per heavy atom. The molecule has 0 saturated heterocycles. The molecule has 3 heterocycles. The molecule has 8 heteroatoms. The molecule has 4 rings (SSSR count). The summed E-state index contributed by atoms with van der Waals surface area (Å²) in [6.45, 7) is 4.31. The second-order valence-electron chi connectivity index (χ2n) is 5.89. The van der Waals surface area contributed by atoms with Crippen LogP contribution >= 0.6 is 11.8 Å². The number of fused-ring (bicyclic) bond motifs is 2. The van der Waals surface area contributed by atoms with Crippen molar-refractivity contribution in [1.29, 1.82) is 5.26 Å². The number of rotatable bonds is 5. The molecule has 0 atom stereocenters. The van der Waals surface area contributed by atoms with E-state index in [2.05, 4.69) is 16.2 Å². The van der Waals surface area contributed by atoms with Crippen molar-refractivity contribution in [2.45, 2.75) is 19.0 Å². The lowest BCUT2D eigenvalue weighted by Gasteiger charge is -2.09. The highest BCUT2D eigenvalue weighted by atomic mass is 32.2. The van der Waals surface area contributed by atoms with E-state index in [9.17, 15) is 10.1 Å². The first-order chi connectivity index (χ1) is 13.7. The van der Waals surface area contributed by atoms with Crippen LogP contribution < -0.4 is 10.3 Å². The third-order valence-electron chi connectivity index (χ3n) is 4.23. The van der Waals surface area contributed by atoms with E-state index >= 15 is 0 Å². The Bertz CT molecular complexity index is 1270. The standard InChI is InChI=1S/C20H17N5O2S/c1-3-27-16-11-10-14-17(22-16)15(12-21)18-24(13-8-6-5-7-9-13)20(28-4-2)23-25(18)19(14)26/h5-11H,3-4H2,1-2H3. The van der Waals surface area contributed by atoms with Gasteiger partial charge in [-0.05, 0) is 30.9 Å². The minimum atomic E-state index is -0.313. The van der Waals surface area contributed by atoms with Crippen LogP contribution in [0, 0.1) is 11.3 Å². The quantitative estimate of drug-likeness (QED) is 0.485. The number of hydrogen-bond donors (Lipinski definition) is 0. The Hall–Kier alpha value is -3.31. The van der Waals surface area contributed by atoms with Crippen molar-refractivity contribution < 1.29 is 4.74 Å². The number of aromatic nitrogens is 4. The van der Waals surface area contributed by atoms with Crippen molar-refractivity contribution in [1.82, 2.24) is 19.2 Å². The van der Waals surface area contributed by atoms with Crippen LogP contribution in [0.4, 0.5) is 0 Å². The van der Waals surface area contributed by atoms with Crippen molar-refractivity contribution in [3.05, 3.63) is 58.4 Å². The van der Waals surface area contributed by atoms with Crippen LogP contribution in [-0.2, 0) is 0 Å². The van der Waals surface area contributed by atoms with Crippen molar-refractivity contribution in [3.63, 3.8) is 0 Å². The van der Waals surface area contributed by atoms with E-state index in [-0.39, 0.29) is 11.1 Å². The fraction of sp³-hybridized carbons (Fsp3) is 0.200. The van der Waals surface area contributed by atoms with Gasteiger partial charge >= 0.3 is 0 Å². The highest BCUT2D eigenvalue weighted by Crippen LogP contribution is 2.28. The zero-order valence-electron chi connectivity index (χ0n) is 15.4. The fourth-order valence-corrected chi connectivity index (χ4v) is 3.83. The van der Waals surface area contributed by atoms with Gasteiger partial charge in [-0.15, -0.1) is 5.10 Å². The largest absolute Gasteiger partial charge is 0.478 e. The number of benzene rings is 1. The minimum Gasteiger partial charge on any atom is -0.478 e. The van der Waals surface area contributed by atoms with Gasteiger partial charge in [0.25, 0.3) is 5.56 Å². The summed E-state index contributed by atoms with van der Waals surface area (Å²) in [4.78, 5) is 17.5. The first-order valence-corrected chi connectivity index (χ1v) is 9.87. The van der Waals surface area contributed by atoms with Crippen LogP contribution in [-0.4, -0.2) is 31.5 Å². The molecule has 0 aliphatic carbocycles. The monoisotopic (exact) mass is 391 g/mol. The zero-order chi connectivity index (χ0) is 19.7. The Morgan fingerprint density at radius 3 is 2.64 bits per heavy atom. The number of thioether (sulfide) groups is 1. The van der Waals surface area contributed by atoms with E-state index in [0.29, 0.717) is 34.2 Å². The third kappa shape index (κ3) is 2.80. The maximum Gasteiger partial charge on any atom is 0.282 e. The summed E-state index contributed by atoms with van der Waals surface area (Å²) in [7, 11) is 0. The lowest BCUT2D eigenvalue weighted by molar-refractivity contribution is 0.328. The Balaban J connectivity index is 2.19. The molecule has 0 radical (unpaired) electrons. The van der Waals surface area contributed by atoms with Crippen molar-refractivity contribution in [2.75, 3.05) is 12.4 Å². The molecule has 0 saturated carbocycles. The lowest BCUT2D eigenvalue weighted by atomic mass is 10.1. The average molecular weight is 391 g/mol.